The topological polar surface area (TPSA) is 23.0 Å². The number of hydrogen-bond donors (Lipinski definition) is 0. The number of para-hydroxylation sites is 3. The van der Waals surface area contributed by atoms with E-state index >= 15 is 0 Å². The molecule has 0 amide bonds. The zero-order chi connectivity index (χ0) is 29.5. The highest BCUT2D eigenvalue weighted by Gasteiger charge is 2.20. The normalized spacial score (nSPS) is 12.0. The summed E-state index contributed by atoms with van der Waals surface area (Å²) in [6, 6.07) is 56.5. The molecule has 0 saturated heterocycles. The van der Waals surface area contributed by atoms with Crippen LogP contribution in [-0.2, 0) is 0 Å². The van der Waals surface area contributed by atoms with Gasteiger partial charge < -0.3 is 13.6 Å². The predicted molar refractivity (Wildman–Crippen MR) is 188 cm³/mol. The van der Waals surface area contributed by atoms with Gasteiger partial charge in [0.25, 0.3) is 0 Å². The average Bonchev–Trinajstić information content (AvgIpc) is 3.76. The number of benzene rings is 7. The van der Waals surface area contributed by atoms with Gasteiger partial charge in [0.15, 0.2) is 0 Å². The van der Waals surface area contributed by atoms with E-state index in [0.717, 1.165) is 44.2 Å². The molecule has 0 fully saturated rings. The third kappa shape index (κ3) is 3.46. The minimum Gasteiger partial charge on any atom is -0.455 e. The molecule has 0 radical (unpaired) electrons. The van der Waals surface area contributed by atoms with Crippen molar-refractivity contribution in [3.8, 4) is 22.5 Å². The van der Waals surface area contributed by atoms with Gasteiger partial charge in [-0.3, -0.25) is 0 Å². The van der Waals surface area contributed by atoms with E-state index in [-0.39, 0.29) is 0 Å². The molecule has 210 valence electrons. The monoisotopic (exact) mass is 574 g/mol. The fourth-order valence-electron chi connectivity index (χ4n) is 7.35. The lowest BCUT2D eigenvalue weighted by Gasteiger charge is -2.11. The molecule has 3 heterocycles. The highest BCUT2D eigenvalue weighted by Crippen LogP contribution is 2.41. The van der Waals surface area contributed by atoms with Crippen molar-refractivity contribution in [1.29, 1.82) is 0 Å². The number of furan rings is 1. The van der Waals surface area contributed by atoms with Crippen molar-refractivity contribution in [3.63, 3.8) is 0 Å². The second kappa shape index (κ2) is 9.22. The molecule has 7 aromatic carbocycles. The molecule has 0 spiro atoms. The van der Waals surface area contributed by atoms with Crippen molar-refractivity contribution < 1.29 is 4.42 Å². The third-order valence-corrected chi connectivity index (χ3v) is 9.31. The fourth-order valence-corrected chi connectivity index (χ4v) is 7.35. The molecule has 0 saturated carbocycles. The quantitative estimate of drug-likeness (QED) is 0.206. The van der Waals surface area contributed by atoms with E-state index in [1.807, 2.05) is 6.07 Å². The van der Waals surface area contributed by atoms with E-state index in [0.29, 0.717) is 0 Å². The molecule has 0 aliphatic heterocycles. The first-order valence-corrected chi connectivity index (χ1v) is 15.4. The molecule has 3 heteroatoms. The zero-order valence-electron chi connectivity index (χ0n) is 24.3. The number of nitrogens with zero attached hydrogens (tertiary/aromatic N) is 2. The van der Waals surface area contributed by atoms with Gasteiger partial charge in [-0.05, 0) is 71.8 Å². The van der Waals surface area contributed by atoms with Crippen LogP contribution in [0.4, 0.5) is 0 Å². The zero-order valence-corrected chi connectivity index (χ0v) is 24.3. The maximum Gasteiger partial charge on any atom is 0.145 e. The Morgan fingerprint density at radius 1 is 0.356 bits per heavy atom. The number of aromatic nitrogens is 2. The van der Waals surface area contributed by atoms with Gasteiger partial charge in [-0.15, -0.1) is 0 Å². The molecule has 0 bridgehead atoms. The van der Waals surface area contributed by atoms with Crippen molar-refractivity contribution in [2.45, 2.75) is 0 Å². The minimum absolute atomic E-state index is 0.919. The van der Waals surface area contributed by atoms with Crippen molar-refractivity contribution in [1.82, 2.24) is 9.13 Å². The SMILES string of the molecule is c1ccc(-c2cccc(-n3c4ccccc4c4cc(-n5c6ccccc6c6c7oc8ccccc8c7ccc65)ccc43)c2)cc1. The summed E-state index contributed by atoms with van der Waals surface area (Å²) in [5.41, 5.74) is 11.3. The van der Waals surface area contributed by atoms with Crippen molar-refractivity contribution in [2.24, 2.45) is 0 Å². The van der Waals surface area contributed by atoms with Crippen LogP contribution in [0.5, 0.6) is 0 Å². The Morgan fingerprint density at radius 2 is 0.978 bits per heavy atom. The van der Waals surface area contributed by atoms with Crippen LogP contribution in [0, 0.1) is 0 Å². The summed E-state index contributed by atoms with van der Waals surface area (Å²) in [6.07, 6.45) is 0. The highest BCUT2D eigenvalue weighted by molar-refractivity contribution is 6.24. The first kappa shape index (κ1) is 24.4. The Morgan fingerprint density at radius 3 is 1.84 bits per heavy atom. The van der Waals surface area contributed by atoms with Gasteiger partial charge in [0, 0.05) is 38.3 Å². The van der Waals surface area contributed by atoms with E-state index in [1.165, 1.54) is 43.8 Å². The molecule has 45 heavy (non-hydrogen) atoms. The standard InChI is InChI=1S/C42H26N2O/c1-2-11-27(12-3-1)28-13-10-14-29(25-28)43-36-18-7-4-15-31(36)35-26-30(21-23-38(35)43)44-37-19-8-5-17-34(37)41-39(44)24-22-33-32-16-6-9-20-40(32)45-42(33)41/h1-26H. The van der Waals surface area contributed by atoms with Crippen molar-refractivity contribution >= 4 is 65.6 Å². The summed E-state index contributed by atoms with van der Waals surface area (Å²) >= 11 is 0. The van der Waals surface area contributed by atoms with Crippen molar-refractivity contribution in [2.75, 3.05) is 0 Å². The van der Waals surface area contributed by atoms with Gasteiger partial charge in [0.1, 0.15) is 11.2 Å². The predicted octanol–water partition coefficient (Wildman–Crippen LogP) is 11.4. The van der Waals surface area contributed by atoms with Crippen LogP contribution in [0.3, 0.4) is 0 Å². The molecule has 10 aromatic rings. The maximum absolute atomic E-state index is 6.53. The summed E-state index contributed by atoms with van der Waals surface area (Å²) in [6.45, 7) is 0. The summed E-state index contributed by atoms with van der Waals surface area (Å²) in [5, 5.41) is 7.11. The Bertz CT molecular complexity index is 2760. The van der Waals surface area contributed by atoms with Crippen LogP contribution >= 0.6 is 0 Å². The highest BCUT2D eigenvalue weighted by atomic mass is 16.3. The van der Waals surface area contributed by atoms with Crippen LogP contribution in [0.2, 0.25) is 0 Å². The first-order valence-electron chi connectivity index (χ1n) is 15.4. The van der Waals surface area contributed by atoms with Gasteiger partial charge in [0.05, 0.1) is 27.5 Å². The number of rotatable bonds is 3. The molecule has 0 aliphatic rings. The van der Waals surface area contributed by atoms with Gasteiger partial charge >= 0.3 is 0 Å². The Hall–Kier alpha value is -6.06. The average molecular weight is 575 g/mol. The molecule has 3 aromatic heterocycles. The Balaban J connectivity index is 1.24. The summed E-state index contributed by atoms with van der Waals surface area (Å²) in [4.78, 5) is 0. The molecular formula is C42H26N2O. The lowest BCUT2D eigenvalue weighted by atomic mass is 10.1. The van der Waals surface area contributed by atoms with Crippen molar-refractivity contribution in [3.05, 3.63) is 158 Å². The van der Waals surface area contributed by atoms with Crippen LogP contribution in [0.15, 0.2) is 162 Å². The van der Waals surface area contributed by atoms with E-state index in [9.17, 15) is 0 Å². The Kier molecular flexibility index (Phi) is 5.00. The molecule has 0 atom stereocenters. The van der Waals surface area contributed by atoms with E-state index in [1.54, 1.807) is 0 Å². The van der Waals surface area contributed by atoms with Gasteiger partial charge in [-0.2, -0.15) is 0 Å². The van der Waals surface area contributed by atoms with E-state index in [2.05, 4.69) is 161 Å². The fraction of sp³-hybridized carbons (Fsp3) is 0. The van der Waals surface area contributed by atoms with E-state index < -0.39 is 0 Å². The number of fused-ring (bicyclic) bond motifs is 10. The van der Waals surface area contributed by atoms with Crippen LogP contribution in [0.1, 0.15) is 0 Å². The molecule has 0 N–H and O–H groups in total. The van der Waals surface area contributed by atoms with Crippen LogP contribution < -0.4 is 0 Å². The van der Waals surface area contributed by atoms with Gasteiger partial charge in [0.2, 0.25) is 0 Å². The molecule has 0 unspecified atom stereocenters. The molecule has 10 rings (SSSR count). The van der Waals surface area contributed by atoms with Crippen LogP contribution in [-0.4, -0.2) is 9.13 Å². The second-order valence-electron chi connectivity index (χ2n) is 11.8. The first-order chi connectivity index (χ1) is 22.3. The number of hydrogen-bond acceptors (Lipinski definition) is 1. The third-order valence-electron chi connectivity index (χ3n) is 9.31. The van der Waals surface area contributed by atoms with Gasteiger partial charge in [-0.1, -0.05) is 97.1 Å². The second-order valence-corrected chi connectivity index (χ2v) is 11.8. The molecule has 0 aliphatic carbocycles. The summed E-state index contributed by atoms with van der Waals surface area (Å²) in [7, 11) is 0. The summed E-state index contributed by atoms with van der Waals surface area (Å²) < 4.78 is 11.3. The largest absolute Gasteiger partial charge is 0.455 e. The lowest BCUT2D eigenvalue weighted by Crippen LogP contribution is -1.96. The lowest BCUT2D eigenvalue weighted by molar-refractivity contribution is 0.673. The van der Waals surface area contributed by atoms with Gasteiger partial charge in [-0.25, -0.2) is 0 Å². The smallest absolute Gasteiger partial charge is 0.145 e. The minimum atomic E-state index is 0.919. The molecular weight excluding hydrogens is 548 g/mol. The van der Waals surface area contributed by atoms with Crippen LogP contribution in [0.25, 0.3) is 88.1 Å². The summed E-state index contributed by atoms with van der Waals surface area (Å²) in [5.74, 6) is 0. The Labute approximate surface area is 258 Å². The maximum atomic E-state index is 6.53. The molecule has 3 nitrogen and oxygen atoms in total. The van der Waals surface area contributed by atoms with E-state index in [4.69, 9.17) is 4.42 Å².